The molecule has 0 radical (unpaired) electrons. The predicted molar refractivity (Wildman–Crippen MR) is 80.7 cm³/mol. The van der Waals surface area contributed by atoms with Gasteiger partial charge in [-0.15, -0.1) is 0 Å². The molecule has 7 nitrogen and oxygen atoms in total. The molecule has 120 valence electrons. The van der Waals surface area contributed by atoms with Crippen LogP contribution in [0, 0.1) is 0 Å². The molecule has 0 aromatic heterocycles. The number of amides is 2. The number of carboxylic acids is 1. The molecule has 2 heterocycles. The molecule has 0 aliphatic carbocycles. The van der Waals surface area contributed by atoms with Crippen LogP contribution in [0.15, 0.2) is 0 Å². The summed E-state index contributed by atoms with van der Waals surface area (Å²) in [6, 6.07) is -0.408. The van der Waals surface area contributed by atoms with Crippen molar-refractivity contribution in [1.82, 2.24) is 15.1 Å². The van der Waals surface area contributed by atoms with Gasteiger partial charge in [0, 0.05) is 37.7 Å². The van der Waals surface area contributed by atoms with Gasteiger partial charge in [0.05, 0.1) is 25.2 Å². The minimum Gasteiger partial charge on any atom is -0.481 e. The number of hydrogen-bond donors (Lipinski definition) is 2. The van der Waals surface area contributed by atoms with Crippen LogP contribution in [-0.2, 0) is 9.53 Å². The van der Waals surface area contributed by atoms with Crippen molar-refractivity contribution in [2.75, 3.05) is 51.3 Å². The van der Waals surface area contributed by atoms with Crippen molar-refractivity contribution in [3.8, 4) is 0 Å². The highest BCUT2D eigenvalue weighted by Gasteiger charge is 2.29. The first-order chi connectivity index (χ1) is 10.1. The monoisotopic (exact) mass is 317 g/mol. The summed E-state index contributed by atoms with van der Waals surface area (Å²) >= 11 is 1.70. The molecule has 2 fully saturated rings. The molecule has 0 saturated carbocycles. The summed E-state index contributed by atoms with van der Waals surface area (Å²) in [6.07, 6.45) is 0.00750. The van der Waals surface area contributed by atoms with Gasteiger partial charge in [0.1, 0.15) is 0 Å². The van der Waals surface area contributed by atoms with E-state index in [1.807, 2.05) is 7.05 Å². The fourth-order valence-corrected chi connectivity index (χ4v) is 3.65. The molecule has 0 aromatic rings. The van der Waals surface area contributed by atoms with E-state index in [2.05, 4.69) is 10.2 Å². The number of urea groups is 1. The number of aliphatic carboxylic acids is 1. The first-order valence-corrected chi connectivity index (χ1v) is 8.36. The van der Waals surface area contributed by atoms with E-state index in [4.69, 9.17) is 9.84 Å². The smallest absolute Gasteiger partial charge is 0.317 e. The number of carboxylic acid groups (broad SMARTS) is 1. The Labute approximate surface area is 129 Å². The number of ether oxygens (including phenoxy) is 1. The first kappa shape index (κ1) is 16.4. The molecule has 21 heavy (non-hydrogen) atoms. The molecule has 2 aliphatic rings. The van der Waals surface area contributed by atoms with E-state index in [9.17, 15) is 9.59 Å². The van der Waals surface area contributed by atoms with E-state index in [-0.39, 0.29) is 24.6 Å². The Morgan fingerprint density at radius 1 is 1.43 bits per heavy atom. The topological polar surface area (TPSA) is 82.1 Å². The van der Waals surface area contributed by atoms with Crippen LogP contribution in [-0.4, -0.2) is 90.4 Å². The third-order valence-electron chi connectivity index (χ3n) is 3.72. The lowest BCUT2D eigenvalue weighted by molar-refractivity contribution is -0.138. The molecule has 0 bridgehead atoms. The van der Waals surface area contributed by atoms with Crippen LogP contribution in [0.4, 0.5) is 4.79 Å². The summed E-state index contributed by atoms with van der Waals surface area (Å²) in [5.41, 5.74) is 0. The molecule has 2 aliphatic heterocycles. The van der Waals surface area contributed by atoms with E-state index < -0.39 is 5.97 Å². The minimum absolute atomic E-state index is 0.00306. The quantitative estimate of drug-likeness (QED) is 0.755. The highest BCUT2D eigenvalue weighted by atomic mass is 32.2. The molecule has 8 heteroatoms. The van der Waals surface area contributed by atoms with Gasteiger partial charge in [-0.3, -0.25) is 4.79 Å². The maximum absolute atomic E-state index is 12.3. The Balaban J connectivity index is 1.81. The Morgan fingerprint density at radius 2 is 2.24 bits per heavy atom. The number of nitrogens with one attached hydrogen (secondary N) is 1. The normalized spacial score (nSPS) is 27.4. The van der Waals surface area contributed by atoms with Crippen molar-refractivity contribution in [2.24, 2.45) is 0 Å². The zero-order valence-electron chi connectivity index (χ0n) is 12.3. The summed E-state index contributed by atoms with van der Waals surface area (Å²) in [4.78, 5) is 27.0. The van der Waals surface area contributed by atoms with E-state index >= 15 is 0 Å². The number of rotatable bonds is 4. The van der Waals surface area contributed by atoms with Crippen LogP contribution >= 0.6 is 11.8 Å². The van der Waals surface area contributed by atoms with Crippen molar-refractivity contribution < 1.29 is 19.4 Å². The maximum atomic E-state index is 12.3. The van der Waals surface area contributed by atoms with E-state index in [1.54, 1.807) is 16.7 Å². The molecule has 2 atom stereocenters. The highest BCUT2D eigenvalue weighted by molar-refractivity contribution is 7.99. The second kappa shape index (κ2) is 7.86. The summed E-state index contributed by atoms with van der Waals surface area (Å²) in [5, 5.41) is 11.8. The third kappa shape index (κ3) is 5.05. The Hall–Kier alpha value is -0.990. The molecule has 0 spiro atoms. The molecule has 2 N–H and O–H groups in total. The fourth-order valence-electron chi connectivity index (χ4n) is 2.59. The average Bonchev–Trinajstić information content (AvgIpc) is 2.45. The van der Waals surface area contributed by atoms with Crippen molar-refractivity contribution in [1.29, 1.82) is 0 Å². The molecule has 2 unspecified atom stereocenters. The highest BCUT2D eigenvalue weighted by Crippen LogP contribution is 2.19. The van der Waals surface area contributed by atoms with E-state index in [0.29, 0.717) is 25.4 Å². The Bertz CT molecular complexity index is 382. The van der Waals surface area contributed by atoms with Crippen molar-refractivity contribution in [2.45, 2.75) is 18.6 Å². The summed E-state index contributed by atoms with van der Waals surface area (Å²) < 4.78 is 5.60. The van der Waals surface area contributed by atoms with Gasteiger partial charge in [-0.05, 0) is 7.05 Å². The molecule has 2 saturated heterocycles. The van der Waals surface area contributed by atoms with Crippen molar-refractivity contribution in [3.05, 3.63) is 0 Å². The molecular formula is C13H23N3O4S. The SMILES string of the molecule is CN1CCOC(CNC(=O)N2CCSCC2CC(=O)O)C1. The van der Waals surface area contributed by atoms with Crippen molar-refractivity contribution in [3.63, 3.8) is 0 Å². The molecule has 2 amide bonds. The predicted octanol–water partition coefficient (Wildman–Crippen LogP) is -0.0813. The van der Waals surface area contributed by atoms with Crippen LogP contribution in [0.25, 0.3) is 0 Å². The lowest BCUT2D eigenvalue weighted by atomic mass is 10.2. The van der Waals surface area contributed by atoms with Crippen LogP contribution in [0.2, 0.25) is 0 Å². The first-order valence-electron chi connectivity index (χ1n) is 7.20. The fraction of sp³-hybridized carbons (Fsp3) is 0.846. The van der Waals surface area contributed by atoms with Gasteiger partial charge in [-0.2, -0.15) is 11.8 Å². The molecular weight excluding hydrogens is 294 g/mol. The summed E-state index contributed by atoms with van der Waals surface area (Å²) in [7, 11) is 2.03. The summed E-state index contributed by atoms with van der Waals surface area (Å²) in [6.45, 7) is 3.45. The zero-order valence-corrected chi connectivity index (χ0v) is 13.1. The van der Waals surface area contributed by atoms with Crippen LogP contribution in [0.3, 0.4) is 0 Å². The minimum atomic E-state index is -0.863. The van der Waals surface area contributed by atoms with E-state index in [0.717, 1.165) is 18.8 Å². The largest absolute Gasteiger partial charge is 0.481 e. The summed E-state index contributed by atoms with van der Waals surface area (Å²) in [5.74, 6) is 0.673. The molecule has 2 rings (SSSR count). The average molecular weight is 317 g/mol. The van der Waals surface area contributed by atoms with Gasteiger partial charge in [0.15, 0.2) is 0 Å². The second-order valence-corrected chi connectivity index (χ2v) is 6.61. The molecule has 0 aromatic carbocycles. The number of carbonyl (C=O) groups excluding carboxylic acids is 1. The third-order valence-corrected chi connectivity index (χ3v) is 4.81. The van der Waals surface area contributed by atoms with E-state index in [1.165, 1.54) is 0 Å². The second-order valence-electron chi connectivity index (χ2n) is 5.46. The zero-order chi connectivity index (χ0) is 15.2. The van der Waals surface area contributed by atoms with Gasteiger partial charge in [-0.1, -0.05) is 0 Å². The standard InChI is InChI=1S/C13H23N3O4S/c1-15-2-4-20-11(8-15)7-14-13(19)16-3-5-21-9-10(16)6-12(17)18/h10-11H,2-9H2,1H3,(H,14,19)(H,17,18). The van der Waals surface area contributed by atoms with Crippen LogP contribution in [0.1, 0.15) is 6.42 Å². The van der Waals surface area contributed by atoms with Crippen LogP contribution in [0.5, 0.6) is 0 Å². The number of nitrogens with zero attached hydrogens (tertiary/aromatic N) is 2. The Kier molecular flexibility index (Phi) is 6.13. The lowest BCUT2D eigenvalue weighted by Gasteiger charge is -2.35. The van der Waals surface area contributed by atoms with Gasteiger partial charge in [0.25, 0.3) is 0 Å². The van der Waals surface area contributed by atoms with Gasteiger partial charge in [-0.25, -0.2) is 4.79 Å². The number of thioether (sulfide) groups is 1. The number of carbonyl (C=O) groups is 2. The number of likely N-dealkylation sites (N-methyl/N-ethyl adjacent to an activating group) is 1. The van der Waals surface area contributed by atoms with Gasteiger partial charge in [0.2, 0.25) is 0 Å². The van der Waals surface area contributed by atoms with Gasteiger partial charge >= 0.3 is 12.0 Å². The number of hydrogen-bond acceptors (Lipinski definition) is 5. The Morgan fingerprint density at radius 3 is 2.95 bits per heavy atom. The lowest BCUT2D eigenvalue weighted by Crippen LogP contribution is -2.53. The van der Waals surface area contributed by atoms with Crippen molar-refractivity contribution >= 4 is 23.8 Å². The maximum Gasteiger partial charge on any atom is 0.317 e. The number of morpholine rings is 1. The van der Waals surface area contributed by atoms with Crippen LogP contribution < -0.4 is 5.32 Å². The van der Waals surface area contributed by atoms with Gasteiger partial charge < -0.3 is 25.0 Å².